The Hall–Kier alpha value is -2.63. The van der Waals surface area contributed by atoms with Gasteiger partial charge in [-0.3, -0.25) is 4.79 Å². The molecule has 0 saturated heterocycles. The van der Waals surface area contributed by atoms with E-state index in [2.05, 4.69) is 0 Å². The number of methoxy groups -OCH3 is 2. The van der Waals surface area contributed by atoms with Crippen molar-refractivity contribution in [2.24, 2.45) is 0 Å². The number of amides is 1. The molecule has 0 spiro atoms. The van der Waals surface area contributed by atoms with Crippen LogP contribution in [0.25, 0.3) is 0 Å². The number of carbonyl (C=O) groups is 1. The first-order chi connectivity index (χ1) is 12.5. The summed E-state index contributed by atoms with van der Waals surface area (Å²) in [5, 5.41) is 0. The molecule has 0 aliphatic heterocycles. The number of nitrogens with zero attached hydrogens (tertiary/aromatic N) is 1. The maximum absolute atomic E-state index is 14.0. The zero-order valence-corrected chi connectivity index (χ0v) is 14.8. The minimum Gasteiger partial charge on any atom is -0.493 e. The fourth-order valence-corrected chi connectivity index (χ4v) is 2.91. The summed E-state index contributed by atoms with van der Waals surface area (Å²) in [5.41, 5.74) is 1.11. The van der Waals surface area contributed by atoms with Crippen molar-refractivity contribution in [1.29, 1.82) is 0 Å². The van der Waals surface area contributed by atoms with E-state index < -0.39 is 11.6 Å². The molecule has 0 unspecified atom stereocenters. The summed E-state index contributed by atoms with van der Waals surface area (Å²) in [4.78, 5) is 14.5. The lowest BCUT2D eigenvalue weighted by Crippen LogP contribution is -2.34. The van der Waals surface area contributed by atoms with E-state index in [1.165, 1.54) is 19.2 Å². The van der Waals surface area contributed by atoms with E-state index in [0.29, 0.717) is 17.1 Å². The molecule has 6 heteroatoms. The predicted octanol–water partition coefficient (Wildman–Crippen LogP) is 3.72. The van der Waals surface area contributed by atoms with Crippen LogP contribution >= 0.6 is 0 Å². The van der Waals surface area contributed by atoms with Gasteiger partial charge in [-0.1, -0.05) is 12.1 Å². The SMILES string of the molecule is COc1ccc(CC(=O)N(Cc2ccc(F)cc2F)C2CC2)cc1OC. The van der Waals surface area contributed by atoms with Crippen molar-refractivity contribution < 1.29 is 23.0 Å². The maximum atomic E-state index is 14.0. The number of halogens is 2. The molecule has 1 aliphatic carbocycles. The van der Waals surface area contributed by atoms with Crippen molar-refractivity contribution in [3.8, 4) is 11.5 Å². The third-order valence-electron chi connectivity index (χ3n) is 4.47. The summed E-state index contributed by atoms with van der Waals surface area (Å²) >= 11 is 0. The van der Waals surface area contributed by atoms with Gasteiger partial charge in [-0.05, 0) is 36.6 Å². The standard InChI is InChI=1S/C20H21F2NO3/c1-25-18-8-3-13(9-19(18)26-2)10-20(24)23(16-6-7-16)12-14-4-5-15(21)11-17(14)22/h3-5,8-9,11,16H,6-7,10,12H2,1-2H3. The van der Waals surface area contributed by atoms with Crippen LogP contribution in [0.4, 0.5) is 8.78 Å². The van der Waals surface area contributed by atoms with E-state index >= 15 is 0 Å². The van der Waals surface area contributed by atoms with Crippen LogP contribution < -0.4 is 9.47 Å². The second-order valence-electron chi connectivity index (χ2n) is 6.35. The predicted molar refractivity (Wildman–Crippen MR) is 93.2 cm³/mol. The summed E-state index contributed by atoms with van der Waals surface area (Å²) < 4.78 is 37.5. The summed E-state index contributed by atoms with van der Waals surface area (Å²) in [6.07, 6.45) is 1.99. The van der Waals surface area contributed by atoms with Gasteiger partial charge in [0, 0.05) is 24.2 Å². The van der Waals surface area contributed by atoms with Gasteiger partial charge in [-0.15, -0.1) is 0 Å². The first kappa shape index (κ1) is 18.2. The maximum Gasteiger partial charge on any atom is 0.227 e. The zero-order chi connectivity index (χ0) is 18.7. The highest BCUT2D eigenvalue weighted by Crippen LogP contribution is 2.31. The molecule has 2 aromatic rings. The van der Waals surface area contributed by atoms with E-state index in [4.69, 9.17) is 9.47 Å². The van der Waals surface area contributed by atoms with E-state index in [1.54, 1.807) is 24.1 Å². The van der Waals surface area contributed by atoms with E-state index in [1.807, 2.05) is 6.07 Å². The number of benzene rings is 2. The average molecular weight is 361 g/mol. The molecule has 1 fully saturated rings. The molecule has 26 heavy (non-hydrogen) atoms. The second kappa shape index (κ2) is 7.72. The Bertz CT molecular complexity index is 806. The van der Waals surface area contributed by atoms with Crippen LogP contribution in [-0.2, 0) is 17.8 Å². The van der Waals surface area contributed by atoms with Crippen LogP contribution in [0, 0.1) is 11.6 Å². The van der Waals surface area contributed by atoms with Crippen LogP contribution in [0.3, 0.4) is 0 Å². The fraction of sp³-hybridized carbons (Fsp3) is 0.350. The Kier molecular flexibility index (Phi) is 5.40. The molecule has 1 saturated carbocycles. The Labute approximate surface area is 151 Å². The molecule has 1 amide bonds. The normalized spacial score (nSPS) is 13.4. The smallest absolute Gasteiger partial charge is 0.227 e. The molecule has 0 radical (unpaired) electrons. The van der Waals surface area contributed by atoms with Gasteiger partial charge >= 0.3 is 0 Å². The van der Waals surface area contributed by atoms with Crippen LogP contribution in [0.2, 0.25) is 0 Å². The molecule has 0 heterocycles. The zero-order valence-electron chi connectivity index (χ0n) is 14.8. The number of rotatable bonds is 7. The largest absolute Gasteiger partial charge is 0.493 e. The average Bonchev–Trinajstić information content (AvgIpc) is 3.45. The molecule has 0 N–H and O–H groups in total. The minimum absolute atomic E-state index is 0.0940. The van der Waals surface area contributed by atoms with Crippen LogP contribution in [0.15, 0.2) is 36.4 Å². The molecule has 0 atom stereocenters. The van der Waals surface area contributed by atoms with Crippen LogP contribution in [0.5, 0.6) is 11.5 Å². The van der Waals surface area contributed by atoms with Gasteiger partial charge in [0.2, 0.25) is 5.91 Å². The van der Waals surface area contributed by atoms with Crippen molar-refractivity contribution in [1.82, 2.24) is 4.90 Å². The summed E-state index contributed by atoms with van der Waals surface area (Å²) in [6.45, 7) is 0.142. The molecule has 1 aliphatic rings. The van der Waals surface area contributed by atoms with E-state index in [-0.39, 0.29) is 24.9 Å². The first-order valence-electron chi connectivity index (χ1n) is 8.46. The molecule has 138 valence electrons. The molecular formula is C20H21F2NO3. The van der Waals surface area contributed by atoms with Crippen molar-refractivity contribution >= 4 is 5.91 Å². The summed E-state index contributed by atoms with van der Waals surface area (Å²) in [5.74, 6) is -0.199. The van der Waals surface area contributed by atoms with Crippen molar-refractivity contribution in [3.63, 3.8) is 0 Å². The van der Waals surface area contributed by atoms with E-state index in [0.717, 1.165) is 24.5 Å². The quantitative estimate of drug-likeness (QED) is 0.755. The Morgan fingerprint density at radius 1 is 1.08 bits per heavy atom. The van der Waals surface area contributed by atoms with Crippen molar-refractivity contribution in [2.75, 3.05) is 14.2 Å². The monoisotopic (exact) mass is 361 g/mol. The van der Waals surface area contributed by atoms with Gasteiger partial charge in [0.15, 0.2) is 11.5 Å². The fourth-order valence-electron chi connectivity index (χ4n) is 2.91. The number of ether oxygens (including phenoxy) is 2. The molecule has 0 aromatic heterocycles. The third kappa shape index (κ3) is 4.12. The van der Waals surface area contributed by atoms with Crippen LogP contribution in [-0.4, -0.2) is 31.1 Å². The van der Waals surface area contributed by atoms with Crippen molar-refractivity contribution in [2.45, 2.75) is 31.8 Å². The minimum atomic E-state index is -0.630. The van der Waals surface area contributed by atoms with Crippen molar-refractivity contribution in [3.05, 3.63) is 59.2 Å². The van der Waals surface area contributed by atoms with Gasteiger partial charge in [0.05, 0.1) is 20.6 Å². The highest BCUT2D eigenvalue weighted by atomic mass is 19.1. The summed E-state index contributed by atoms with van der Waals surface area (Å²) in [6, 6.07) is 8.89. The molecule has 0 bridgehead atoms. The summed E-state index contributed by atoms with van der Waals surface area (Å²) in [7, 11) is 3.09. The lowest BCUT2D eigenvalue weighted by atomic mass is 10.1. The molecule has 2 aromatic carbocycles. The van der Waals surface area contributed by atoms with Gasteiger partial charge in [-0.25, -0.2) is 8.78 Å². The Morgan fingerprint density at radius 3 is 2.42 bits per heavy atom. The van der Waals surface area contributed by atoms with Gasteiger partial charge in [0.1, 0.15) is 11.6 Å². The molecular weight excluding hydrogens is 340 g/mol. The Balaban J connectivity index is 1.75. The molecule has 4 nitrogen and oxygen atoms in total. The second-order valence-corrected chi connectivity index (χ2v) is 6.35. The topological polar surface area (TPSA) is 38.8 Å². The van der Waals surface area contributed by atoms with Crippen LogP contribution in [0.1, 0.15) is 24.0 Å². The highest BCUT2D eigenvalue weighted by molar-refractivity contribution is 5.79. The number of hydrogen-bond donors (Lipinski definition) is 0. The van der Waals surface area contributed by atoms with Gasteiger partial charge in [-0.2, -0.15) is 0 Å². The first-order valence-corrected chi connectivity index (χ1v) is 8.46. The lowest BCUT2D eigenvalue weighted by molar-refractivity contribution is -0.131. The number of carbonyl (C=O) groups excluding carboxylic acids is 1. The highest BCUT2D eigenvalue weighted by Gasteiger charge is 2.33. The van der Waals surface area contributed by atoms with E-state index in [9.17, 15) is 13.6 Å². The number of hydrogen-bond acceptors (Lipinski definition) is 3. The Morgan fingerprint density at radius 2 is 1.81 bits per heavy atom. The van der Waals surface area contributed by atoms with Gasteiger partial charge in [0.25, 0.3) is 0 Å². The third-order valence-corrected chi connectivity index (χ3v) is 4.47. The molecule has 3 rings (SSSR count). The lowest BCUT2D eigenvalue weighted by Gasteiger charge is -2.23. The van der Waals surface area contributed by atoms with Gasteiger partial charge < -0.3 is 14.4 Å².